The van der Waals surface area contributed by atoms with Gasteiger partial charge in [0.15, 0.2) is 6.10 Å². The molecule has 72 heavy (non-hydrogen) atoms. The smallest absolute Gasteiger partial charge is 0.306 e. The van der Waals surface area contributed by atoms with Crippen molar-refractivity contribution in [3.05, 3.63) is 60.8 Å². The van der Waals surface area contributed by atoms with E-state index in [1.807, 2.05) is 0 Å². The summed E-state index contributed by atoms with van der Waals surface area (Å²) in [6, 6.07) is 0. The van der Waals surface area contributed by atoms with E-state index in [1.165, 1.54) is 193 Å². The summed E-state index contributed by atoms with van der Waals surface area (Å²) in [6.07, 6.45) is 76.5. The first-order valence-corrected chi connectivity index (χ1v) is 31.3. The van der Waals surface area contributed by atoms with Gasteiger partial charge in [0.2, 0.25) is 0 Å². The van der Waals surface area contributed by atoms with E-state index in [-0.39, 0.29) is 31.1 Å². The maximum Gasteiger partial charge on any atom is 0.306 e. The lowest BCUT2D eigenvalue weighted by molar-refractivity contribution is -0.167. The Kier molecular flexibility index (Phi) is 58.2. The minimum absolute atomic E-state index is 0.0739. The summed E-state index contributed by atoms with van der Waals surface area (Å²) >= 11 is 0. The molecule has 0 aromatic heterocycles. The molecule has 0 bridgehead atoms. The molecule has 6 heteroatoms. The van der Waals surface area contributed by atoms with Crippen LogP contribution < -0.4 is 0 Å². The van der Waals surface area contributed by atoms with Gasteiger partial charge in [-0.1, -0.05) is 281 Å². The van der Waals surface area contributed by atoms with Crippen LogP contribution in [0, 0.1) is 0 Å². The molecule has 0 saturated heterocycles. The monoisotopic (exact) mass is 1010 g/mol. The predicted octanol–water partition coefficient (Wildman–Crippen LogP) is 21.2. The second kappa shape index (κ2) is 60.7. The van der Waals surface area contributed by atoms with Crippen LogP contribution in [0.15, 0.2) is 60.8 Å². The van der Waals surface area contributed by atoms with Crippen molar-refractivity contribution in [1.82, 2.24) is 0 Å². The third-order valence-electron chi connectivity index (χ3n) is 13.8. The van der Waals surface area contributed by atoms with Crippen LogP contribution in [-0.4, -0.2) is 37.2 Å². The maximum absolute atomic E-state index is 12.9. The van der Waals surface area contributed by atoms with Gasteiger partial charge in [0.05, 0.1) is 0 Å². The van der Waals surface area contributed by atoms with Gasteiger partial charge in [-0.05, 0) is 83.5 Å². The zero-order chi connectivity index (χ0) is 52.2. The second-order valence-corrected chi connectivity index (χ2v) is 20.9. The van der Waals surface area contributed by atoms with E-state index in [0.717, 1.165) is 89.9 Å². The van der Waals surface area contributed by atoms with E-state index in [4.69, 9.17) is 14.2 Å². The van der Waals surface area contributed by atoms with Crippen molar-refractivity contribution < 1.29 is 28.6 Å². The molecule has 0 aliphatic heterocycles. The highest BCUT2D eigenvalue weighted by atomic mass is 16.6. The van der Waals surface area contributed by atoms with Crippen molar-refractivity contribution in [1.29, 1.82) is 0 Å². The molecule has 0 heterocycles. The van der Waals surface area contributed by atoms with E-state index >= 15 is 0 Å². The van der Waals surface area contributed by atoms with Crippen molar-refractivity contribution in [3.63, 3.8) is 0 Å². The molecule has 0 aliphatic rings. The number of esters is 3. The van der Waals surface area contributed by atoms with Crippen LogP contribution in [0.25, 0.3) is 0 Å². The van der Waals surface area contributed by atoms with Crippen LogP contribution >= 0.6 is 0 Å². The first kappa shape index (κ1) is 69.1. The number of carbonyl (C=O) groups excluding carboxylic acids is 3. The summed E-state index contributed by atoms with van der Waals surface area (Å²) in [4.78, 5) is 38.2. The van der Waals surface area contributed by atoms with Crippen molar-refractivity contribution in [2.45, 2.75) is 329 Å². The molecule has 0 spiro atoms. The van der Waals surface area contributed by atoms with Crippen LogP contribution in [0.2, 0.25) is 0 Å². The summed E-state index contributed by atoms with van der Waals surface area (Å²) in [7, 11) is 0. The predicted molar refractivity (Wildman–Crippen MR) is 312 cm³/mol. The third-order valence-corrected chi connectivity index (χ3v) is 13.8. The molecule has 6 nitrogen and oxygen atoms in total. The standard InChI is InChI=1S/C66H118O6/c1-4-7-10-13-16-19-22-25-28-29-30-31-32-33-34-35-36-37-39-41-44-47-50-53-56-59-65(68)71-62-63(61-70-64(67)58-55-52-49-46-43-40-27-24-21-18-15-12-9-6-3)72-66(69)60-57-54-51-48-45-42-38-26-23-20-17-14-11-8-5-2/h7,10,16,19,25-26,28,30-31,38,63H,4-6,8-9,11-15,17-18,20-24,27,29,32-37,39-62H2,1-3H3/b10-7-,19-16-,28-25-,31-30-,38-26-. The normalized spacial score (nSPS) is 12.4. The largest absolute Gasteiger partial charge is 0.462 e. The molecule has 0 fully saturated rings. The van der Waals surface area contributed by atoms with Crippen molar-refractivity contribution in [3.8, 4) is 0 Å². The van der Waals surface area contributed by atoms with Crippen LogP contribution in [0.1, 0.15) is 323 Å². The highest BCUT2D eigenvalue weighted by Crippen LogP contribution is 2.17. The number of ether oxygens (including phenoxy) is 3. The molecule has 0 aliphatic carbocycles. The van der Waals surface area contributed by atoms with Gasteiger partial charge in [0, 0.05) is 19.3 Å². The molecule has 1 atom stereocenters. The number of carbonyl (C=O) groups is 3. The fourth-order valence-corrected chi connectivity index (χ4v) is 9.08. The first-order chi connectivity index (χ1) is 35.5. The van der Waals surface area contributed by atoms with Crippen LogP contribution in [0.4, 0.5) is 0 Å². The zero-order valence-electron chi connectivity index (χ0n) is 47.9. The topological polar surface area (TPSA) is 78.9 Å². The van der Waals surface area contributed by atoms with Gasteiger partial charge in [-0.15, -0.1) is 0 Å². The number of hydrogen-bond acceptors (Lipinski definition) is 6. The minimum atomic E-state index is -0.777. The average Bonchev–Trinajstić information content (AvgIpc) is 3.38. The maximum atomic E-state index is 12.9. The molecular weight excluding hydrogens is 889 g/mol. The van der Waals surface area contributed by atoms with Gasteiger partial charge in [0.25, 0.3) is 0 Å². The minimum Gasteiger partial charge on any atom is -0.462 e. The molecule has 0 N–H and O–H groups in total. The van der Waals surface area contributed by atoms with E-state index in [2.05, 4.69) is 81.5 Å². The average molecular weight is 1010 g/mol. The third kappa shape index (κ3) is 58.0. The Hall–Kier alpha value is -2.89. The Labute approximate surface area is 447 Å². The Bertz CT molecular complexity index is 1290. The highest BCUT2D eigenvalue weighted by molar-refractivity contribution is 5.71. The number of allylic oxidation sites excluding steroid dienone is 10. The molecule has 0 amide bonds. The van der Waals surface area contributed by atoms with Gasteiger partial charge in [-0.3, -0.25) is 14.4 Å². The quantitative estimate of drug-likeness (QED) is 0.0261. The molecule has 0 aromatic rings. The van der Waals surface area contributed by atoms with E-state index < -0.39 is 6.10 Å². The summed E-state index contributed by atoms with van der Waals surface area (Å²) < 4.78 is 16.9. The summed E-state index contributed by atoms with van der Waals surface area (Å²) in [5, 5.41) is 0. The van der Waals surface area contributed by atoms with E-state index in [1.54, 1.807) is 0 Å². The Balaban J connectivity index is 4.28. The SMILES string of the molecule is CC/C=C\C/C=C\C/C=C\C/C=C\CCCCCCCCCCCCCCC(=O)OCC(COC(=O)CCCCCCCCCCCCCCCC)OC(=O)CCCCCCC/C=C\CCCCCCCC. The molecule has 0 radical (unpaired) electrons. The van der Waals surface area contributed by atoms with Gasteiger partial charge < -0.3 is 14.2 Å². The number of hydrogen-bond donors (Lipinski definition) is 0. The van der Waals surface area contributed by atoms with E-state index in [9.17, 15) is 14.4 Å². The lowest BCUT2D eigenvalue weighted by Gasteiger charge is -2.18. The Morgan fingerprint density at radius 2 is 0.542 bits per heavy atom. The number of unbranched alkanes of at least 4 members (excludes halogenated alkanes) is 36. The van der Waals surface area contributed by atoms with Crippen molar-refractivity contribution in [2.75, 3.05) is 13.2 Å². The van der Waals surface area contributed by atoms with Crippen LogP contribution in [0.3, 0.4) is 0 Å². The molecule has 0 aromatic carbocycles. The first-order valence-electron chi connectivity index (χ1n) is 31.3. The van der Waals surface area contributed by atoms with Crippen LogP contribution in [0.5, 0.6) is 0 Å². The lowest BCUT2D eigenvalue weighted by atomic mass is 10.0. The molecule has 418 valence electrons. The Morgan fingerprint density at radius 1 is 0.292 bits per heavy atom. The Morgan fingerprint density at radius 3 is 0.861 bits per heavy atom. The molecule has 0 saturated carbocycles. The lowest BCUT2D eigenvalue weighted by Crippen LogP contribution is -2.30. The van der Waals surface area contributed by atoms with Crippen molar-refractivity contribution >= 4 is 17.9 Å². The molecular formula is C66H118O6. The summed E-state index contributed by atoms with van der Waals surface area (Å²) in [5.74, 6) is -0.867. The van der Waals surface area contributed by atoms with Gasteiger partial charge in [0.1, 0.15) is 13.2 Å². The fraction of sp³-hybridized carbons (Fsp3) is 0.803. The fourth-order valence-electron chi connectivity index (χ4n) is 9.08. The van der Waals surface area contributed by atoms with Gasteiger partial charge in [-0.2, -0.15) is 0 Å². The molecule has 0 rings (SSSR count). The summed E-state index contributed by atoms with van der Waals surface area (Å²) in [5.41, 5.74) is 0. The second-order valence-electron chi connectivity index (χ2n) is 20.9. The summed E-state index contributed by atoms with van der Waals surface area (Å²) in [6.45, 7) is 6.56. The van der Waals surface area contributed by atoms with E-state index in [0.29, 0.717) is 19.3 Å². The van der Waals surface area contributed by atoms with Crippen LogP contribution in [-0.2, 0) is 28.6 Å². The zero-order valence-corrected chi connectivity index (χ0v) is 47.9. The molecule has 1 unspecified atom stereocenters. The highest BCUT2D eigenvalue weighted by Gasteiger charge is 2.19. The number of rotatable bonds is 57. The van der Waals surface area contributed by atoms with Gasteiger partial charge in [-0.25, -0.2) is 0 Å². The van der Waals surface area contributed by atoms with Crippen molar-refractivity contribution in [2.24, 2.45) is 0 Å². The van der Waals surface area contributed by atoms with Gasteiger partial charge >= 0.3 is 17.9 Å².